The van der Waals surface area contributed by atoms with E-state index in [-0.39, 0.29) is 5.41 Å². The average Bonchev–Trinajstić information content (AvgIpc) is 3.25. The average molecular weight is 537 g/mol. The van der Waals surface area contributed by atoms with E-state index >= 15 is 0 Å². The maximum absolute atomic E-state index is 6.52. The van der Waals surface area contributed by atoms with Crippen LogP contribution in [0.4, 0.5) is 0 Å². The van der Waals surface area contributed by atoms with Crippen LogP contribution >= 0.6 is 0 Å². The monoisotopic (exact) mass is 536 g/mol. The van der Waals surface area contributed by atoms with Gasteiger partial charge >= 0.3 is 0 Å². The Bertz CT molecular complexity index is 2240. The highest BCUT2D eigenvalue weighted by molar-refractivity contribution is 6.10. The van der Waals surface area contributed by atoms with Crippen LogP contribution in [0, 0.1) is 0 Å². The highest BCUT2D eigenvalue weighted by Gasteiger charge is 2.36. The van der Waals surface area contributed by atoms with Crippen LogP contribution in [0.15, 0.2) is 133 Å². The Balaban J connectivity index is 1.21. The molecule has 0 spiro atoms. The molecule has 0 saturated carbocycles. The first-order valence-electron chi connectivity index (χ1n) is 14.7. The summed E-state index contributed by atoms with van der Waals surface area (Å²) in [6.45, 7) is 4.73. The van der Waals surface area contributed by atoms with Gasteiger partial charge in [0.2, 0.25) is 0 Å². The third-order valence-corrected chi connectivity index (χ3v) is 9.45. The second kappa shape index (κ2) is 8.44. The summed E-state index contributed by atoms with van der Waals surface area (Å²) in [5.74, 6) is 1.83. The SMILES string of the molecule is CC1(C)c2cc(-c3ccc4c5c(cccc35)-c3cc(-c5ccccc5)ccc3O4)ccc2-c2cc3ccccc3cc21. The van der Waals surface area contributed by atoms with E-state index in [1.165, 1.54) is 71.6 Å². The van der Waals surface area contributed by atoms with Gasteiger partial charge in [0.25, 0.3) is 0 Å². The zero-order valence-corrected chi connectivity index (χ0v) is 23.6. The summed E-state index contributed by atoms with van der Waals surface area (Å²) in [6, 6.07) is 48.7. The lowest BCUT2D eigenvalue weighted by Crippen LogP contribution is -2.15. The standard InChI is InChI=1S/C41H28O/c1-41(2)36-24-29(15-17-31(36)34-21-26-11-6-7-12-27(26)23-37(34)41)30-18-20-39-40-32(30)13-8-14-33(40)35-22-28(16-19-38(35)42-39)25-9-4-3-5-10-25/h3-24H,1-2H3. The summed E-state index contributed by atoms with van der Waals surface area (Å²) in [6.07, 6.45) is 0. The number of ether oxygens (including phenoxy) is 1. The van der Waals surface area contributed by atoms with Crippen molar-refractivity contribution in [2.75, 3.05) is 0 Å². The molecule has 0 atom stereocenters. The van der Waals surface area contributed by atoms with Gasteiger partial charge in [-0.2, -0.15) is 0 Å². The Morgan fingerprint density at radius 2 is 1.14 bits per heavy atom. The zero-order valence-electron chi connectivity index (χ0n) is 23.6. The molecule has 9 rings (SSSR count). The molecule has 2 aliphatic rings. The minimum atomic E-state index is -0.0764. The molecule has 42 heavy (non-hydrogen) atoms. The van der Waals surface area contributed by atoms with Gasteiger partial charge in [-0.15, -0.1) is 0 Å². The largest absolute Gasteiger partial charge is 0.456 e. The van der Waals surface area contributed by atoms with E-state index in [2.05, 4.69) is 147 Å². The van der Waals surface area contributed by atoms with Gasteiger partial charge in [-0.1, -0.05) is 111 Å². The van der Waals surface area contributed by atoms with E-state index in [1.807, 2.05) is 0 Å². The molecule has 7 aromatic rings. The van der Waals surface area contributed by atoms with Crippen molar-refractivity contribution in [3.8, 4) is 56.0 Å². The molecular formula is C41H28O. The van der Waals surface area contributed by atoms with Crippen molar-refractivity contribution < 1.29 is 4.74 Å². The van der Waals surface area contributed by atoms with Crippen molar-refractivity contribution in [1.82, 2.24) is 0 Å². The third-order valence-electron chi connectivity index (χ3n) is 9.45. The predicted octanol–water partition coefficient (Wildman–Crippen LogP) is 11.4. The smallest absolute Gasteiger partial charge is 0.135 e. The van der Waals surface area contributed by atoms with Gasteiger partial charge in [0.1, 0.15) is 11.5 Å². The summed E-state index contributed by atoms with van der Waals surface area (Å²) in [7, 11) is 0. The minimum absolute atomic E-state index is 0.0764. The topological polar surface area (TPSA) is 9.23 Å². The lowest BCUT2D eigenvalue weighted by Gasteiger charge is -2.24. The summed E-state index contributed by atoms with van der Waals surface area (Å²) in [5, 5.41) is 5.00. The van der Waals surface area contributed by atoms with Crippen molar-refractivity contribution in [2.45, 2.75) is 19.3 Å². The summed E-state index contributed by atoms with van der Waals surface area (Å²) in [4.78, 5) is 0. The van der Waals surface area contributed by atoms with Gasteiger partial charge in [-0.05, 0) is 103 Å². The second-order valence-corrected chi connectivity index (χ2v) is 12.1. The maximum atomic E-state index is 6.52. The van der Waals surface area contributed by atoms with Crippen LogP contribution < -0.4 is 4.74 Å². The first-order valence-corrected chi connectivity index (χ1v) is 14.7. The Morgan fingerprint density at radius 3 is 2.00 bits per heavy atom. The van der Waals surface area contributed by atoms with E-state index < -0.39 is 0 Å². The number of fused-ring (bicyclic) bond motifs is 6. The Labute approximate surface area is 245 Å². The first kappa shape index (κ1) is 23.6. The van der Waals surface area contributed by atoms with Gasteiger partial charge in [0.15, 0.2) is 0 Å². The van der Waals surface area contributed by atoms with Crippen LogP contribution in [0.5, 0.6) is 11.5 Å². The Hall–Kier alpha value is -5.14. The molecular weight excluding hydrogens is 508 g/mol. The van der Waals surface area contributed by atoms with E-state index in [0.29, 0.717) is 0 Å². The van der Waals surface area contributed by atoms with E-state index in [9.17, 15) is 0 Å². The normalized spacial score (nSPS) is 13.9. The van der Waals surface area contributed by atoms with Gasteiger partial charge in [-0.25, -0.2) is 0 Å². The number of hydrogen-bond acceptors (Lipinski definition) is 1. The maximum Gasteiger partial charge on any atom is 0.135 e. The van der Waals surface area contributed by atoms with E-state index in [0.717, 1.165) is 17.1 Å². The molecule has 0 amide bonds. The molecule has 1 heteroatoms. The van der Waals surface area contributed by atoms with Crippen molar-refractivity contribution in [1.29, 1.82) is 0 Å². The molecule has 0 N–H and O–H groups in total. The van der Waals surface area contributed by atoms with Gasteiger partial charge in [0, 0.05) is 16.4 Å². The Kier molecular flexibility index (Phi) is 4.73. The third kappa shape index (κ3) is 3.25. The van der Waals surface area contributed by atoms with Crippen LogP contribution in [-0.4, -0.2) is 0 Å². The summed E-state index contributed by atoms with van der Waals surface area (Å²) >= 11 is 0. The van der Waals surface area contributed by atoms with Crippen LogP contribution in [0.2, 0.25) is 0 Å². The summed E-state index contributed by atoms with van der Waals surface area (Å²) < 4.78 is 6.52. The van der Waals surface area contributed by atoms with Gasteiger partial charge in [0.05, 0.1) is 0 Å². The molecule has 0 saturated heterocycles. The van der Waals surface area contributed by atoms with Crippen molar-refractivity contribution in [3.05, 3.63) is 145 Å². The molecule has 1 aliphatic carbocycles. The van der Waals surface area contributed by atoms with Gasteiger partial charge in [-0.3, -0.25) is 0 Å². The highest BCUT2D eigenvalue weighted by atomic mass is 16.5. The van der Waals surface area contributed by atoms with Crippen LogP contribution in [0.1, 0.15) is 25.0 Å². The van der Waals surface area contributed by atoms with Crippen molar-refractivity contribution in [3.63, 3.8) is 0 Å². The molecule has 198 valence electrons. The van der Waals surface area contributed by atoms with Crippen LogP contribution in [0.3, 0.4) is 0 Å². The highest BCUT2D eigenvalue weighted by Crippen LogP contribution is 2.53. The first-order chi connectivity index (χ1) is 20.6. The van der Waals surface area contributed by atoms with Crippen molar-refractivity contribution in [2.24, 2.45) is 0 Å². The molecule has 1 nitrogen and oxygen atoms in total. The Morgan fingerprint density at radius 1 is 0.429 bits per heavy atom. The molecule has 7 aromatic carbocycles. The molecule has 0 radical (unpaired) electrons. The molecule has 0 fully saturated rings. The van der Waals surface area contributed by atoms with Gasteiger partial charge < -0.3 is 4.74 Å². The quantitative estimate of drug-likeness (QED) is 0.213. The number of rotatable bonds is 2. The molecule has 1 heterocycles. The predicted molar refractivity (Wildman–Crippen MR) is 175 cm³/mol. The molecule has 1 aliphatic heterocycles. The molecule has 0 bridgehead atoms. The lowest BCUT2D eigenvalue weighted by molar-refractivity contribution is 0.487. The fourth-order valence-corrected chi connectivity index (χ4v) is 7.28. The fraction of sp³-hybridized carbons (Fsp3) is 0.0732. The molecule has 0 unspecified atom stereocenters. The molecule has 0 aromatic heterocycles. The number of hydrogen-bond donors (Lipinski definition) is 0. The minimum Gasteiger partial charge on any atom is -0.456 e. The van der Waals surface area contributed by atoms with E-state index in [4.69, 9.17) is 4.74 Å². The van der Waals surface area contributed by atoms with Crippen LogP contribution in [-0.2, 0) is 5.41 Å². The lowest BCUT2D eigenvalue weighted by atomic mass is 9.80. The summed E-state index contributed by atoms with van der Waals surface area (Å²) in [5.41, 5.74) is 12.7. The number of benzene rings is 7. The fourth-order valence-electron chi connectivity index (χ4n) is 7.28. The van der Waals surface area contributed by atoms with Crippen molar-refractivity contribution >= 4 is 21.5 Å². The van der Waals surface area contributed by atoms with E-state index in [1.54, 1.807) is 0 Å². The zero-order chi connectivity index (χ0) is 28.0. The second-order valence-electron chi connectivity index (χ2n) is 12.1. The van der Waals surface area contributed by atoms with Crippen LogP contribution in [0.25, 0.3) is 66.1 Å².